The molecule has 0 radical (unpaired) electrons. The zero-order valence-corrected chi connectivity index (χ0v) is 17.8. The molecular weight excluding hydrogens is 411 g/mol. The van der Waals surface area contributed by atoms with Crippen molar-refractivity contribution in [1.29, 1.82) is 0 Å². The molecule has 2 amide bonds. The summed E-state index contributed by atoms with van der Waals surface area (Å²) < 4.78 is 18.8. The van der Waals surface area contributed by atoms with Gasteiger partial charge in [-0.25, -0.2) is 4.39 Å². The number of hydrogen-bond acceptors (Lipinski definition) is 4. The second-order valence-corrected chi connectivity index (χ2v) is 7.79. The molecule has 166 valence electrons. The SMILES string of the molecule is CC(=O)Nc1ccc(C(=O)N2CCCC2c2cc(CCOc3cccc(F)c3)[nH]n2)cc1. The number of carbonyl (C=O) groups excluding carboxylic acids is 2. The standard InChI is InChI=1S/C24H25FN4O3/c1-16(30)26-19-9-7-17(8-10-19)24(31)29-12-3-6-23(29)22-15-20(27-28-22)11-13-32-21-5-2-4-18(25)14-21/h2,4-5,7-10,14-15,23H,3,6,11-13H2,1H3,(H,26,30)(H,27,28). The Morgan fingerprint density at radius 3 is 2.78 bits per heavy atom. The van der Waals surface area contributed by atoms with Crippen LogP contribution in [0.2, 0.25) is 0 Å². The number of nitrogens with one attached hydrogen (secondary N) is 2. The van der Waals surface area contributed by atoms with Crippen LogP contribution in [-0.2, 0) is 11.2 Å². The summed E-state index contributed by atoms with van der Waals surface area (Å²) in [7, 11) is 0. The Morgan fingerprint density at radius 2 is 2.03 bits per heavy atom. The number of benzene rings is 2. The second kappa shape index (κ2) is 9.64. The van der Waals surface area contributed by atoms with Crippen molar-refractivity contribution in [3.63, 3.8) is 0 Å². The van der Waals surface area contributed by atoms with Crippen molar-refractivity contribution < 1.29 is 18.7 Å². The molecular formula is C24H25FN4O3. The lowest BCUT2D eigenvalue weighted by Crippen LogP contribution is -2.30. The van der Waals surface area contributed by atoms with Gasteiger partial charge in [0.1, 0.15) is 11.6 Å². The fourth-order valence-corrected chi connectivity index (χ4v) is 3.90. The lowest BCUT2D eigenvalue weighted by atomic mass is 10.1. The maximum Gasteiger partial charge on any atom is 0.254 e. The van der Waals surface area contributed by atoms with E-state index < -0.39 is 0 Å². The molecule has 0 saturated carbocycles. The van der Waals surface area contributed by atoms with Gasteiger partial charge >= 0.3 is 0 Å². The van der Waals surface area contributed by atoms with Crippen LogP contribution in [0, 0.1) is 5.82 Å². The van der Waals surface area contributed by atoms with Crippen molar-refractivity contribution in [3.05, 3.63) is 77.4 Å². The number of aromatic nitrogens is 2. The number of anilines is 1. The highest BCUT2D eigenvalue weighted by atomic mass is 19.1. The number of nitrogens with zero attached hydrogens (tertiary/aromatic N) is 2. The summed E-state index contributed by atoms with van der Waals surface area (Å²) in [5, 5.41) is 10.2. The van der Waals surface area contributed by atoms with E-state index in [1.807, 2.05) is 11.0 Å². The van der Waals surface area contributed by atoms with Gasteiger partial charge in [-0.2, -0.15) is 5.10 Å². The monoisotopic (exact) mass is 436 g/mol. The summed E-state index contributed by atoms with van der Waals surface area (Å²) in [6, 6.07) is 14.8. The zero-order valence-electron chi connectivity index (χ0n) is 17.8. The predicted molar refractivity (Wildman–Crippen MR) is 118 cm³/mol. The van der Waals surface area contributed by atoms with E-state index in [1.165, 1.54) is 19.1 Å². The molecule has 1 fully saturated rings. The highest BCUT2D eigenvalue weighted by molar-refractivity contribution is 5.95. The number of H-pyrrole nitrogens is 1. The number of carbonyl (C=O) groups is 2. The zero-order chi connectivity index (χ0) is 22.5. The molecule has 0 bridgehead atoms. The van der Waals surface area contributed by atoms with Crippen LogP contribution in [0.5, 0.6) is 5.75 Å². The van der Waals surface area contributed by atoms with Gasteiger partial charge in [-0.05, 0) is 55.3 Å². The molecule has 32 heavy (non-hydrogen) atoms. The van der Waals surface area contributed by atoms with Crippen molar-refractivity contribution in [2.45, 2.75) is 32.2 Å². The van der Waals surface area contributed by atoms with Crippen LogP contribution in [0.4, 0.5) is 10.1 Å². The lowest BCUT2D eigenvalue weighted by molar-refractivity contribution is -0.114. The Hall–Kier alpha value is -3.68. The second-order valence-electron chi connectivity index (χ2n) is 7.79. The van der Waals surface area contributed by atoms with Crippen LogP contribution >= 0.6 is 0 Å². The van der Waals surface area contributed by atoms with Gasteiger partial charge in [-0.1, -0.05) is 6.07 Å². The van der Waals surface area contributed by atoms with Crippen LogP contribution in [0.25, 0.3) is 0 Å². The van der Waals surface area contributed by atoms with Crippen molar-refractivity contribution in [1.82, 2.24) is 15.1 Å². The van der Waals surface area contributed by atoms with Crippen LogP contribution < -0.4 is 10.1 Å². The van der Waals surface area contributed by atoms with E-state index in [2.05, 4.69) is 15.5 Å². The molecule has 3 aromatic rings. The molecule has 1 aromatic heterocycles. The van der Waals surface area contributed by atoms with E-state index in [4.69, 9.17) is 4.74 Å². The summed E-state index contributed by atoms with van der Waals surface area (Å²) in [5.41, 5.74) is 2.96. The first-order chi connectivity index (χ1) is 15.5. The van der Waals surface area contributed by atoms with Gasteiger partial charge in [0.15, 0.2) is 0 Å². The summed E-state index contributed by atoms with van der Waals surface area (Å²) >= 11 is 0. The van der Waals surface area contributed by atoms with Gasteiger partial charge in [0.2, 0.25) is 5.91 Å². The van der Waals surface area contributed by atoms with Gasteiger partial charge in [-0.3, -0.25) is 14.7 Å². The van der Waals surface area contributed by atoms with Crippen LogP contribution in [0.1, 0.15) is 47.6 Å². The Labute approximate surface area is 185 Å². The Morgan fingerprint density at radius 1 is 1.22 bits per heavy atom. The third kappa shape index (κ3) is 5.14. The van der Waals surface area contributed by atoms with E-state index >= 15 is 0 Å². The van der Waals surface area contributed by atoms with Crippen LogP contribution in [0.3, 0.4) is 0 Å². The summed E-state index contributed by atoms with van der Waals surface area (Å²) in [5.74, 6) is -0.0517. The van der Waals surface area contributed by atoms with Gasteiger partial charge in [-0.15, -0.1) is 0 Å². The molecule has 7 nitrogen and oxygen atoms in total. The van der Waals surface area contributed by atoms with E-state index in [0.717, 1.165) is 24.2 Å². The molecule has 2 heterocycles. The molecule has 2 N–H and O–H groups in total. The minimum absolute atomic E-state index is 0.0548. The quantitative estimate of drug-likeness (QED) is 0.584. The van der Waals surface area contributed by atoms with Gasteiger partial charge in [0, 0.05) is 42.9 Å². The molecule has 2 aromatic carbocycles. The van der Waals surface area contributed by atoms with Crippen molar-refractivity contribution in [3.8, 4) is 5.75 Å². The molecule has 8 heteroatoms. The number of likely N-dealkylation sites (tertiary alicyclic amines) is 1. The average molecular weight is 436 g/mol. The summed E-state index contributed by atoms with van der Waals surface area (Å²) in [6.07, 6.45) is 2.35. The molecule has 0 spiro atoms. The average Bonchev–Trinajstić information content (AvgIpc) is 3.43. The molecule has 1 atom stereocenters. The maximum atomic E-state index is 13.2. The minimum atomic E-state index is -0.331. The highest BCUT2D eigenvalue weighted by Gasteiger charge is 2.32. The third-order valence-corrected chi connectivity index (χ3v) is 5.39. The Balaban J connectivity index is 1.37. The lowest BCUT2D eigenvalue weighted by Gasteiger charge is -2.23. The highest BCUT2D eigenvalue weighted by Crippen LogP contribution is 2.32. The third-order valence-electron chi connectivity index (χ3n) is 5.39. The summed E-state index contributed by atoms with van der Waals surface area (Å²) in [4.78, 5) is 26.1. The molecule has 0 aliphatic carbocycles. The fraction of sp³-hybridized carbons (Fsp3) is 0.292. The number of rotatable bonds is 7. The topological polar surface area (TPSA) is 87.3 Å². The molecule has 1 aliphatic rings. The van der Waals surface area contributed by atoms with Crippen LogP contribution in [0.15, 0.2) is 54.6 Å². The van der Waals surface area contributed by atoms with Crippen molar-refractivity contribution in [2.24, 2.45) is 0 Å². The maximum absolute atomic E-state index is 13.2. The number of amides is 2. The van der Waals surface area contributed by atoms with Gasteiger partial charge < -0.3 is 15.0 Å². The first kappa shape index (κ1) is 21.5. The number of hydrogen-bond donors (Lipinski definition) is 2. The normalized spacial score (nSPS) is 15.6. The number of halogens is 1. The fourth-order valence-electron chi connectivity index (χ4n) is 3.90. The first-order valence-electron chi connectivity index (χ1n) is 10.6. The Kier molecular flexibility index (Phi) is 6.49. The van der Waals surface area contributed by atoms with E-state index in [1.54, 1.807) is 36.4 Å². The largest absolute Gasteiger partial charge is 0.493 e. The van der Waals surface area contributed by atoms with Gasteiger partial charge in [0.25, 0.3) is 5.91 Å². The van der Waals surface area contributed by atoms with Crippen molar-refractivity contribution in [2.75, 3.05) is 18.5 Å². The van der Waals surface area contributed by atoms with Gasteiger partial charge in [0.05, 0.1) is 18.3 Å². The molecule has 1 unspecified atom stereocenters. The Bertz CT molecular complexity index is 1100. The smallest absolute Gasteiger partial charge is 0.254 e. The summed E-state index contributed by atoms with van der Waals surface area (Å²) in [6.45, 7) is 2.50. The molecule has 4 rings (SSSR count). The number of aromatic amines is 1. The van der Waals surface area contributed by atoms with E-state index in [9.17, 15) is 14.0 Å². The van der Waals surface area contributed by atoms with Crippen molar-refractivity contribution >= 4 is 17.5 Å². The first-order valence-corrected chi connectivity index (χ1v) is 10.6. The molecule has 1 saturated heterocycles. The minimum Gasteiger partial charge on any atom is -0.493 e. The van der Waals surface area contributed by atoms with E-state index in [0.29, 0.717) is 36.6 Å². The number of ether oxygens (including phenoxy) is 1. The predicted octanol–water partition coefficient (Wildman–Crippen LogP) is 4.11. The van der Waals surface area contributed by atoms with E-state index in [-0.39, 0.29) is 23.7 Å². The molecule has 1 aliphatic heterocycles. The van der Waals surface area contributed by atoms with Crippen LogP contribution in [-0.4, -0.2) is 40.1 Å².